The Labute approximate surface area is 223 Å². The second-order valence-electron chi connectivity index (χ2n) is 8.76. The molecule has 4 rings (SSSR count). The maximum absolute atomic E-state index is 12.4. The minimum absolute atomic E-state index is 0.127. The van der Waals surface area contributed by atoms with E-state index in [0.717, 1.165) is 22.8 Å². The SMILES string of the molecule is COC1OC(CO/C=C/S(=O)(=O)c2ccccc2)C(O)C(OCc2ccccc2)C1OCc1ccccc1. The first kappa shape index (κ1) is 28.0. The Balaban J connectivity index is 1.45. The van der Waals surface area contributed by atoms with E-state index in [9.17, 15) is 13.5 Å². The smallest absolute Gasteiger partial charge is 0.202 e. The average molecular weight is 541 g/mol. The minimum atomic E-state index is -3.66. The fraction of sp³-hybridized carbons (Fsp3) is 0.310. The summed E-state index contributed by atoms with van der Waals surface area (Å²) in [6.07, 6.45) is -3.30. The summed E-state index contributed by atoms with van der Waals surface area (Å²) in [5, 5.41) is 12.2. The van der Waals surface area contributed by atoms with Gasteiger partial charge in [0.2, 0.25) is 9.84 Å². The summed E-state index contributed by atoms with van der Waals surface area (Å²) in [5.74, 6) is 0. The Bertz CT molecular complexity index is 1240. The van der Waals surface area contributed by atoms with E-state index in [2.05, 4.69) is 0 Å². The molecule has 3 aromatic carbocycles. The number of hydrogen-bond donors (Lipinski definition) is 1. The van der Waals surface area contributed by atoms with E-state index in [-0.39, 0.29) is 24.7 Å². The number of rotatable bonds is 12. The minimum Gasteiger partial charge on any atom is -0.498 e. The molecule has 1 saturated heterocycles. The third-order valence-corrected chi connectivity index (χ3v) is 7.48. The molecule has 0 saturated carbocycles. The molecule has 38 heavy (non-hydrogen) atoms. The van der Waals surface area contributed by atoms with Gasteiger partial charge in [0.1, 0.15) is 31.0 Å². The largest absolute Gasteiger partial charge is 0.498 e. The third-order valence-electron chi connectivity index (χ3n) is 6.08. The number of aliphatic hydroxyl groups excluding tert-OH is 1. The number of methoxy groups -OCH3 is 1. The van der Waals surface area contributed by atoms with Gasteiger partial charge < -0.3 is 28.8 Å². The second-order valence-corrected chi connectivity index (χ2v) is 10.6. The van der Waals surface area contributed by atoms with E-state index in [0.29, 0.717) is 0 Å². The molecule has 8 nitrogen and oxygen atoms in total. The molecule has 202 valence electrons. The Morgan fingerprint density at radius 2 is 1.34 bits per heavy atom. The van der Waals surface area contributed by atoms with E-state index in [4.69, 9.17) is 23.7 Å². The van der Waals surface area contributed by atoms with Crippen molar-refractivity contribution in [1.29, 1.82) is 0 Å². The quantitative estimate of drug-likeness (QED) is 0.346. The third kappa shape index (κ3) is 7.50. The fourth-order valence-electron chi connectivity index (χ4n) is 4.07. The number of ether oxygens (including phenoxy) is 5. The molecule has 1 N–H and O–H groups in total. The summed E-state index contributed by atoms with van der Waals surface area (Å²) in [5.41, 5.74) is 1.89. The van der Waals surface area contributed by atoms with Gasteiger partial charge in [-0.2, -0.15) is 0 Å². The lowest BCUT2D eigenvalue weighted by atomic mass is 9.98. The Hall–Kier alpha value is -3.05. The highest BCUT2D eigenvalue weighted by atomic mass is 32.2. The van der Waals surface area contributed by atoms with Crippen molar-refractivity contribution in [3.8, 4) is 0 Å². The molecule has 9 heteroatoms. The monoisotopic (exact) mass is 540 g/mol. The molecule has 0 aromatic heterocycles. The molecule has 0 spiro atoms. The highest BCUT2D eigenvalue weighted by molar-refractivity contribution is 7.94. The van der Waals surface area contributed by atoms with Gasteiger partial charge in [-0.1, -0.05) is 78.9 Å². The van der Waals surface area contributed by atoms with E-state index in [1.165, 1.54) is 19.2 Å². The van der Waals surface area contributed by atoms with Crippen molar-refractivity contribution >= 4 is 9.84 Å². The maximum Gasteiger partial charge on any atom is 0.202 e. The molecular formula is C29H32O8S. The predicted molar refractivity (Wildman–Crippen MR) is 140 cm³/mol. The Morgan fingerprint density at radius 3 is 1.89 bits per heavy atom. The first-order valence-electron chi connectivity index (χ1n) is 12.2. The molecule has 0 aliphatic carbocycles. The summed E-state index contributed by atoms with van der Waals surface area (Å²) in [7, 11) is -2.18. The van der Waals surface area contributed by atoms with Crippen LogP contribution in [0.25, 0.3) is 0 Å². The van der Waals surface area contributed by atoms with Gasteiger partial charge in [-0.05, 0) is 23.3 Å². The molecule has 3 aromatic rings. The van der Waals surface area contributed by atoms with Crippen LogP contribution in [-0.2, 0) is 46.7 Å². The second kappa shape index (κ2) is 13.7. The van der Waals surface area contributed by atoms with E-state index in [1.807, 2.05) is 60.7 Å². The van der Waals surface area contributed by atoms with Gasteiger partial charge in [0, 0.05) is 7.11 Å². The van der Waals surface area contributed by atoms with Crippen LogP contribution >= 0.6 is 0 Å². The van der Waals surface area contributed by atoms with Gasteiger partial charge >= 0.3 is 0 Å². The molecular weight excluding hydrogens is 508 g/mol. The Morgan fingerprint density at radius 1 is 0.816 bits per heavy atom. The van der Waals surface area contributed by atoms with Crippen LogP contribution in [0.3, 0.4) is 0 Å². The van der Waals surface area contributed by atoms with Crippen LogP contribution in [-0.4, -0.2) is 57.9 Å². The normalized spacial score (nSPS) is 23.9. The fourth-order valence-corrected chi connectivity index (χ4v) is 4.99. The highest BCUT2D eigenvalue weighted by Crippen LogP contribution is 2.28. The first-order valence-corrected chi connectivity index (χ1v) is 13.8. The van der Waals surface area contributed by atoms with E-state index >= 15 is 0 Å². The van der Waals surface area contributed by atoms with Crippen molar-refractivity contribution < 1.29 is 37.2 Å². The van der Waals surface area contributed by atoms with Crippen molar-refractivity contribution in [3.05, 3.63) is 114 Å². The lowest BCUT2D eigenvalue weighted by Crippen LogP contribution is -2.60. The summed E-state index contributed by atoms with van der Waals surface area (Å²) >= 11 is 0. The van der Waals surface area contributed by atoms with Crippen LogP contribution in [0.4, 0.5) is 0 Å². The topological polar surface area (TPSA) is 101 Å². The van der Waals surface area contributed by atoms with Gasteiger partial charge in [0.25, 0.3) is 0 Å². The van der Waals surface area contributed by atoms with Crippen LogP contribution in [0.5, 0.6) is 0 Å². The van der Waals surface area contributed by atoms with Crippen LogP contribution in [0.1, 0.15) is 11.1 Å². The van der Waals surface area contributed by atoms with Crippen molar-refractivity contribution in [3.63, 3.8) is 0 Å². The van der Waals surface area contributed by atoms with Crippen molar-refractivity contribution in [2.24, 2.45) is 0 Å². The van der Waals surface area contributed by atoms with Gasteiger partial charge in [-0.25, -0.2) is 8.42 Å². The van der Waals surface area contributed by atoms with Crippen LogP contribution < -0.4 is 0 Å². The summed E-state index contributed by atoms with van der Waals surface area (Å²) < 4.78 is 54.2. The van der Waals surface area contributed by atoms with Crippen molar-refractivity contribution in [1.82, 2.24) is 0 Å². The van der Waals surface area contributed by atoms with Crippen LogP contribution in [0.2, 0.25) is 0 Å². The molecule has 1 heterocycles. The standard InChI is InChI=1S/C29H32O8S/c1-33-29-28(36-20-23-13-7-3-8-14-23)27(35-19-22-11-5-2-6-12-22)26(30)25(37-29)21-34-17-18-38(31,32)24-15-9-4-10-16-24/h2-18,25-30H,19-21H2,1H3/b18-17+. The molecule has 5 atom stereocenters. The van der Waals surface area contributed by atoms with Crippen molar-refractivity contribution in [2.75, 3.05) is 13.7 Å². The lowest BCUT2D eigenvalue weighted by Gasteiger charge is -2.43. The maximum atomic E-state index is 12.4. The van der Waals surface area contributed by atoms with Crippen molar-refractivity contribution in [2.45, 2.75) is 48.8 Å². The van der Waals surface area contributed by atoms with E-state index in [1.54, 1.807) is 18.2 Å². The van der Waals surface area contributed by atoms with Crippen LogP contribution in [0.15, 0.2) is 108 Å². The molecule has 0 amide bonds. The van der Waals surface area contributed by atoms with Gasteiger partial charge in [0.15, 0.2) is 6.29 Å². The lowest BCUT2D eigenvalue weighted by molar-refractivity contribution is -0.314. The molecule has 5 unspecified atom stereocenters. The molecule has 0 bridgehead atoms. The first-order chi connectivity index (χ1) is 18.5. The zero-order valence-electron chi connectivity index (χ0n) is 21.0. The summed E-state index contributed by atoms with van der Waals surface area (Å²) in [4.78, 5) is 0.154. The van der Waals surface area contributed by atoms with Gasteiger partial charge in [-0.15, -0.1) is 0 Å². The predicted octanol–water partition coefficient (Wildman–Crippen LogP) is 3.85. The zero-order valence-corrected chi connectivity index (χ0v) is 21.9. The summed E-state index contributed by atoms with van der Waals surface area (Å²) in [6.45, 7) is 0.388. The molecule has 1 fully saturated rings. The van der Waals surface area contributed by atoms with E-state index < -0.39 is 40.5 Å². The van der Waals surface area contributed by atoms with Gasteiger partial charge in [-0.3, -0.25) is 0 Å². The Kier molecular flexibility index (Phi) is 10.1. The zero-order chi connectivity index (χ0) is 26.8. The number of benzene rings is 3. The van der Waals surface area contributed by atoms with Crippen LogP contribution in [0, 0.1) is 0 Å². The number of hydrogen-bond acceptors (Lipinski definition) is 8. The highest BCUT2D eigenvalue weighted by Gasteiger charge is 2.47. The molecule has 1 aliphatic rings. The molecule has 0 radical (unpaired) electrons. The van der Waals surface area contributed by atoms with Gasteiger partial charge in [0.05, 0.1) is 29.8 Å². The average Bonchev–Trinajstić information content (AvgIpc) is 2.96. The summed E-state index contributed by atoms with van der Waals surface area (Å²) in [6, 6.07) is 27.3. The number of aliphatic hydroxyl groups is 1. The number of sulfone groups is 1. The molecule has 1 aliphatic heterocycles.